The highest BCUT2D eigenvalue weighted by atomic mass is 16.3. The molecule has 2 nitrogen and oxygen atoms in total. The van der Waals surface area contributed by atoms with Gasteiger partial charge in [-0.2, -0.15) is 0 Å². The number of hydrogen-bond acceptors (Lipinski definition) is 2. The summed E-state index contributed by atoms with van der Waals surface area (Å²) in [6, 6.07) is 0. The van der Waals surface area contributed by atoms with E-state index in [-0.39, 0.29) is 11.5 Å². The molecule has 2 aliphatic carbocycles. The monoisotopic (exact) mass is 175 g/mol. The maximum atomic E-state index is 10.9. The summed E-state index contributed by atoms with van der Waals surface area (Å²) in [6.07, 6.45) is 8.64. The van der Waals surface area contributed by atoms with Crippen LogP contribution in [0.5, 0.6) is 0 Å². The van der Waals surface area contributed by atoms with Crippen LogP contribution in [0.15, 0.2) is 35.1 Å². The Hall–Kier alpha value is -1.31. The van der Waals surface area contributed by atoms with Crippen LogP contribution in [0.1, 0.15) is 25.7 Å². The van der Waals surface area contributed by atoms with Crippen molar-refractivity contribution in [1.29, 1.82) is 0 Å². The van der Waals surface area contributed by atoms with Crippen LogP contribution in [0.4, 0.5) is 0 Å². The smallest absolute Gasteiger partial charge is 0.159 e. The van der Waals surface area contributed by atoms with Crippen LogP contribution < -0.4 is 5.11 Å². The van der Waals surface area contributed by atoms with Crippen LogP contribution in [0.3, 0.4) is 0 Å². The Morgan fingerprint density at radius 2 is 2.00 bits per heavy atom. The van der Waals surface area contributed by atoms with E-state index < -0.39 is 0 Å². The first kappa shape index (κ1) is 8.30. The Bertz CT molecular complexity index is 332. The van der Waals surface area contributed by atoms with Crippen molar-refractivity contribution in [2.24, 2.45) is 0 Å². The summed E-state index contributed by atoms with van der Waals surface area (Å²) in [5.74, 6) is 0.490. The molecule has 0 aromatic heterocycles. The Labute approximate surface area is 77.3 Å². The molecule has 2 heteroatoms. The van der Waals surface area contributed by atoms with E-state index in [4.69, 9.17) is 0 Å². The average molecular weight is 175 g/mol. The molecule has 0 atom stereocenters. The normalized spacial score (nSPS) is 25.2. The summed E-state index contributed by atoms with van der Waals surface area (Å²) in [5, 5.41) is 10.9. The minimum absolute atomic E-state index is 0.245. The van der Waals surface area contributed by atoms with Gasteiger partial charge in [0.2, 0.25) is 0 Å². The number of ketones is 1. The van der Waals surface area contributed by atoms with E-state index in [2.05, 4.69) is 0 Å². The van der Waals surface area contributed by atoms with Gasteiger partial charge in [0.1, 0.15) is 0 Å². The number of rotatable bonds is 2. The van der Waals surface area contributed by atoms with Gasteiger partial charge in [-0.15, -0.1) is 5.76 Å². The summed E-state index contributed by atoms with van der Waals surface area (Å²) in [5.41, 5.74) is 1.78. The predicted molar refractivity (Wildman–Crippen MR) is 47.7 cm³/mol. The fourth-order valence-corrected chi connectivity index (χ4v) is 1.38. The number of allylic oxidation sites excluding steroid dienone is 6. The Kier molecular flexibility index (Phi) is 2.05. The topological polar surface area (TPSA) is 40.1 Å². The third-order valence-corrected chi connectivity index (χ3v) is 2.55. The van der Waals surface area contributed by atoms with Gasteiger partial charge in [0, 0.05) is 6.42 Å². The molecule has 0 heterocycles. The molecular weight excluding hydrogens is 164 g/mol. The average Bonchev–Trinajstić information content (AvgIpc) is 2.12. The SMILES string of the molecule is O=C1CCC1=CC=CC1=C([O-])CC1. The van der Waals surface area contributed by atoms with E-state index in [1.165, 1.54) is 0 Å². The van der Waals surface area contributed by atoms with Gasteiger partial charge in [-0.1, -0.05) is 23.8 Å². The summed E-state index contributed by atoms with van der Waals surface area (Å²) < 4.78 is 0. The second kappa shape index (κ2) is 3.21. The number of hydrogen-bond donors (Lipinski definition) is 0. The lowest BCUT2D eigenvalue weighted by molar-refractivity contribution is -0.313. The Morgan fingerprint density at radius 1 is 1.15 bits per heavy atom. The van der Waals surface area contributed by atoms with Crippen molar-refractivity contribution >= 4 is 5.78 Å². The quantitative estimate of drug-likeness (QED) is 0.592. The van der Waals surface area contributed by atoms with Gasteiger partial charge in [-0.3, -0.25) is 4.79 Å². The van der Waals surface area contributed by atoms with Gasteiger partial charge in [0.25, 0.3) is 0 Å². The molecule has 68 valence electrons. The fraction of sp³-hybridized carbons (Fsp3) is 0.364. The zero-order valence-electron chi connectivity index (χ0n) is 7.38. The molecule has 0 aromatic rings. The molecule has 13 heavy (non-hydrogen) atoms. The van der Waals surface area contributed by atoms with Crippen molar-refractivity contribution < 1.29 is 9.90 Å². The fourth-order valence-electron chi connectivity index (χ4n) is 1.38. The predicted octanol–water partition coefficient (Wildman–Crippen LogP) is 1.24. The molecule has 0 radical (unpaired) electrons. The van der Waals surface area contributed by atoms with Gasteiger partial charge >= 0.3 is 0 Å². The van der Waals surface area contributed by atoms with E-state index in [1.807, 2.05) is 18.2 Å². The first-order valence-corrected chi connectivity index (χ1v) is 4.57. The first-order chi connectivity index (χ1) is 6.27. The molecule has 1 fully saturated rings. The maximum absolute atomic E-state index is 10.9. The molecule has 0 aliphatic heterocycles. The molecule has 0 aromatic carbocycles. The number of carbonyl (C=O) groups is 1. The van der Waals surface area contributed by atoms with Crippen LogP contribution in [0, 0.1) is 0 Å². The number of carbonyl (C=O) groups excluding carboxylic acids is 1. The summed E-state index contributed by atoms with van der Waals surface area (Å²) >= 11 is 0. The van der Waals surface area contributed by atoms with Gasteiger partial charge < -0.3 is 5.11 Å². The lowest BCUT2D eigenvalue weighted by Crippen LogP contribution is -2.15. The van der Waals surface area contributed by atoms with Gasteiger partial charge in [0.15, 0.2) is 5.78 Å². The second-order valence-corrected chi connectivity index (χ2v) is 3.42. The van der Waals surface area contributed by atoms with Crippen molar-refractivity contribution in [3.05, 3.63) is 35.1 Å². The van der Waals surface area contributed by atoms with E-state index in [1.54, 1.807) is 0 Å². The molecule has 0 bridgehead atoms. The molecule has 0 amide bonds. The van der Waals surface area contributed by atoms with Crippen LogP contribution in [0.25, 0.3) is 0 Å². The zero-order chi connectivity index (χ0) is 9.26. The van der Waals surface area contributed by atoms with E-state index in [9.17, 15) is 9.90 Å². The largest absolute Gasteiger partial charge is 0.875 e. The number of Topliss-reactive ketones (excluding diaryl/α,β-unsaturated/α-hetero) is 1. The van der Waals surface area contributed by atoms with Crippen LogP contribution >= 0.6 is 0 Å². The molecule has 0 spiro atoms. The molecule has 0 N–H and O–H groups in total. The first-order valence-electron chi connectivity index (χ1n) is 4.57. The van der Waals surface area contributed by atoms with Crippen LogP contribution in [0.2, 0.25) is 0 Å². The zero-order valence-corrected chi connectivity index (χ0v) is 7.38. The lowest BCUT2D eigenvalue weighted by atomic mass is 9.90. The highest BCUT2D eigenvalue weighted by Gasteiger charge is 2.18. The molecule has 2 rings (SSSR count). The summed E-state index contributed by atoms with van der Waals surface area (Å²) in [6.45, 7) is 0. The van der Waals surface area contributed by atoms with E-state index in [0.717, 1.165) is 24.0 Å². The van der Waals surface area contributed by atoms with Gasteiger partial charge in [-0.05, 0) is 24.8 Å². The Morgan fingerprint density at radius 3 is 2.38 bits per heavy atom. The molecule has 0 unspecified atom stereocenters. The molecular formula is C11H11O2-. The highest BCUT2D eigenvalue weighted by Crippen LogP contribution is 2.25. The van der Waals surface area contributed by atoms with Gasteiger partial charge in [0.05, 0.1) is 0 Å². The minimum Gasteiger partial charge on any atom is -0.875 e. The van der Waals surface area contributed by atoms with Crippen molar-refractivity contribution in [2.45, 2.75) is 25.7 Å². The van der Waals surface area contributed by atoms with Crippen molar-refractivity contribution in [1.82, 2.24) is 0 Å². The second-order valence-electron chi connectivity index (χ2n) is 3.42. The van der Waals surface area contributed by atoms with Crippen molar-refractivity contribution in [3.63, 3.8) is 0 Å². The molecule has 0 saturated heterocycles. The van der Waals surface area contributed by atoms with Crippen molar-refractivity contribution in [2.75, 3.05) is 0 Å². The highest BCUT2D eigenvalue weighted by molar-refractivity contribution is 6.01. The van der Waals surface area contributed by atoms with E-state index in [0.29, 0.717) is 12.8 Å². The van der Waals surface area contributed by atoms with E-state index >= 15 is 0 Å². The Balaban J connectivity index is 1.95. The summed E-state index contributed by atoms with van der Waals surface area (Å²) in [7, 11) is 0. The standard InChI is InChI=1S/C11H12O2/c12-10-6-4-8(10)2-1-3-9-5-7-11(9)13/h1-3,12H,4-7H2/p-1. The molecule has 1 saturated carbocycles. The summed E-state index contributed by atoms with van der Waals surface area (Å²) in [4.78, 5) is 10.9. The minimum atomic E-state index is 0.245. The van der Waals surface area contributed by atoms with Crippen molar-refractivity contribution in [3.8, 4) is 0 Å². The maximum Gasteiger partial charge on any atom is 0.159 e. The van der Waals surface area contributed by atoms with Crippen LogP contribution in [-0.2, 0) is 4.79 Å². The van der Waals surface area contributed by atoms with Crippen LogP contribution in [-0.4, -0.2) is 5.78 Å². The molecule has 2 aliphatic rings. The van der Waals surface area contributed by atoms with Gasteiger partial charge in [-0.25, -0.2) is 0 Å². The lowest BCUT2D eigenvalue weighted by Gasteiger charge is -2.26. The third kappa shape index (κ3) is 1.57. The third-order valence-electron chi connectivity index (χ3n) is 2.55.